The molecule has 138 valence electrons. The Morgan fingerprint density at radius 2 is 1.96 bits per heavy atom. The summed E-state index contributed by atoms with van der Waals surface area (Å²) in [5.41, 5.74) is 2.42. The molecule has 1 heterocycles. The van der Waals surface area contributed by atoms with Gasteiger partial charge in [0.1, 0.15) is 0 Å². The summed E-state index contributed by atoms with van der Waals surface area (Å²) in [5, 5.41) is 9.23. The number of benzene rings is 2. The number of hydrogen-bond donors (Lipinski definition) is 1. The van der Waals surface area contributed by atoms with Crippen molar-refractivity contribution in [3.05, 3.63) is 64.1 Å². The van der Waals surface area contributed by atoms with Crippen LogP contribution in [-0.4, -0.2) is 36.5 Å². The van der Waals surface area contributed by atoms with E-state index in [0.717, 1.165) is 36.2 Å². The fourth-order valence-electron chi connectivity index (χ4n) is 2.90. The first-order valence-corrected chi connectivity index (χ1v) is 9.34. The van der Waals surface area contributed by atoms with E-state index in [2.05, 4.69) is 68.0 Å². The van der Waals surface area contributed by atoms with Gasteiger partial charge in [0.15, 0.2) is 5.96 Å². The van der Waals surface area contributed by atoms with Crippen LogP contribution >= 0.6 is 35.3 Å². The standard InChI is InChI=1S/C20H24N4S.HI/c1-15-23-19(14-25-15)13-24(3)20(21-2)22-11-10-16-8-9-17-6-4-5-7-18(17)12-16;/h4-9,12,14H,10-11,13H2,1-3H3,(H,21,22);1H. The first-order chi connectivity index (χ1) is 12.2. The molecule has 0 amide bonds. The Morgan fingerprint density at radius 1 is 1.19 bits per heavy atom. The van der Waals surface area contributed by atoms with Gasteiger partial charge in [-0.15, -0.1) is 35.3 Å². The fraction of sp³-hybridized carbons (Fsp3) is 0.300. The molecule has 0 spiro atoms. The van der Waals surface area contributed by atoms with Gasteiger partial charge in [-0.05, 0) is 29.7 Å². The number of halogens is 1. The second-order valence-electron chi connectivity index (χ2n) is 6.12. The van der Waals surface area contributed by atoms with Gasteiger partial charge in [0, 0.05) is 26.0 Å². The van der Waals surface area contributed by atoms with Crippen molar-refractivity contribution in [3.8, 4) is 0 Å². The molecule has 0 bridgehead atoms. The Kier molecular flexibility index (Phi) is 7.84. The topological polar surface area (TPSA) is 40.5 Å². The second kappa shape index (κ2) is 9.87. The molecule has 2 aromatic carbocycles. The third-order valence-electron chi connectivity index (χ3n) is 4.15. The molecule has 1 N–H and O–H groups in total. The van der Waals surface area contributed by atoms with Crippen molar-refractivity contribution in [1.29, 1.82) is 0 Å². The largest absolute Gasteiger partial charge is 0.356 e. The van der Waals surface area contributed by atoms with Crippen LogP contribution in [-0.2, 0) is 13.0 Å². The van der Waals surface area contributed by atoms with Crippen molar-refractivity contribution < 1.29 is 0 Å². The predicted octanol–water partition coefficient (Wildman–Crippen LogP) is 4.47. The van der Waals surface area contributed by atoms with Crippen molar-refractivity contribution >= 4 is 52.0 Å². The quantitative estimate of drug-likeness (QED) is 0.333. The number of hydrogen-bond acceptors (Lipinski definition) is 3. The molecule has 1 aromatic heterocycles. The first-order valence-electron chi connectivity index (χ1n) is 8.46. The minimum atomic E-state index is 0. The van der Waals surface area contributed by atoms with E-state index in [4.69, 9.17) is 0 Å². The van der Waals surface area contributed by atoms with Gasteiger partial charge in [0.2, 0.25) is 0 Å². The second-order valence-corrected chi connectivity index (χ2v) is 7.18. The van der Waals surface area contributed by atoms with Gasteiger partial charge in [0.05, 0.1) is 17.2 Å². The van der Waals surface area contributed by atoms with E-state index < -0.39 is 0 Å². The lowest BCUT2D eigenvalue weighted by atomic mass is 10.1. The summed E-state index contributed by atoms with van der Waals surface area (Å²) in [6.45, 7) is 3.65. The van der Waals surface area contributed by atoms with Crippen LogP contribution in [0.5, 0.6) is 0 Å². The van der Waals surface area contributed by atoms with Crippen LogP contribution in [0.25, 0.3) is 10.8 Å². The predicted molar refractivity (Wildman–Crippen MR) is 123 cm³/mol. The van der Waals surface area contributed by atoms with E-state index in [1.807, 2.05) is 21.0 Å². The highest BCUT2D eigenvalue weighted by atomic mass is 127. The zero-order chi connectivity index (χ0) is 17.6. The number of aryl methyl sites for hydroxylation is 1. The normalized spacial score (nSPS) is 11.3. The average Bonchev–Trinajstić information content (AvgIpc) is 3.03. The zero-order valence-corrected chi connectivity index (χ0v) is 18.5. The molecule has 0 atom stereocenters. The molecule has 6 heteroatoms. The molecule has 0 fully saturated rings. The number of aromatic nitrogens is 1. The molecule has 0 aliphatic heterocycles. The monoisotopic (exact) mass is 480 g/mol. The number of nitrogens with one attached hydrogen (secondary N) is 1. The maximum absolute atomic E-state index is 4.52. The summed E-state index contributed by atoms with van der Waals surface area (Å²) in [7, 11) is 3.86. The van der Waals surface area contributed by atoms with Gasteiger partial charge in [-0.25, -0.2) is 4.98 Å². The van der Waals surface area contributed by atoms with Gasteiger partial charge in [0.25, 0.3) is 0 Å². The van der Waals surface area contributed by atoms with Gasteiger partial charge in [-0.3, -0.25) is 4.99 Å². The summed E-state index contributed by atoms with van der Waals surface area (Å²) >= 11 is 1.68. The third kappa shape index (κ3) is 5.41. The minimum absolute atomic E-state index is 0. The number of aliphatic imine (C=N–C) groups is 1. The van der Waals surface area contributed by atoms with Crippen molar-refractivity contribution in [2.45, 2.75) is 19.9 Å². The molecule has 3 rings (SSSR count). The fourth-order valence-corrected chi connectivity index (χ4v) is 3.50. The number of thiazole rings is 1. The van der Waals surface area contributed by atoms with Crippen LogP contribution in [0.15, 0.2) is 52.8 Å². The van der Waals surface area contributed by atoms with E-state index >= 15 is 0 Å². The van der Waals surface area contributed by atoms with Crippen LogP contribution in [0, 0.1) is 6.92 Å². The van der Waals surface area contributed by atoms with E-state index in [1.165, 1.54) is 16.3 Å². The molecule has 0 aliphatic carbocycles. The molecule has 3 aromatic rings. The van der Waals surface area contributed by atoms with Crippen LogP contribution in [0.1, 0.15) is 16.3 Å². The molecule has 4 nitrogen and oxygen atoms in total. The number of guanidine groups is 1. The highest BCUT2D eigenvalue weighted by Gasteiger charge is 2.08. The molecule has 0 saturated heterocycles. The Labute approximate surface area is 176 Å². The molecular weight excluding hydrogens is 455 g/mol. The first kappa shape index (κ1) is 20.6. The van der Waals surface area contributed by atoms with Crippen LogP contribution in [0.2, 0.25) is 0 Å². The Morgan fingerprint density at radius 3 is 2.65 bits per heavy atom. The van der Waals surface area contributed by atoms with E-state index in [0.29, 0.717) is 0 Å². The van der Waals surface area contributed by atoms with Crippen molar-refractivity contribution in [2.75, 3.05) is 20.6 Å². The summed E-state index contributed by atoms with van der Waals surface area (Å²) in [5.74, 6) is 0.895. The van der Waals surface area contributed by atoms with Crippen molar-refractivity contribution in [2.24, 2.45) is 4.99 Å². The Balaban J connectivity index is 0.00000243. The van der Waals surface area contributed by atoms with E-state index in [1.54, 1.807) is 11.3 Å². The maximum atomic E-state index is 4.52. The summed E-state index contributed by atoms with van der Waals surface area (Å²) in [4.78, 5) is 11.0. The number of rotatable bonds is 5. The van der Waals surface area contributed by atoms with Crippen molar-refractivity contribution in [3.63, 3.8) is 0 Å². The zero-order valence-electron chi connectivity index (χ0n) is 15.4. The molecule has 0 saturated carbocycles. The Hall–Kier alpha value is -1.67. The van der Waals surface area contributed by atoms with Gasteiger partial charge >= 0.3 is 0 Å². The molecule has 0 aliphatic rings. The minimum Gasteiger partial charge on any atom is -0.356 e. The highest BCUT2D eigenvalue weighted by Crippen LogP contribution is 2.15. The average molecular weight is 480 g/mol. The van der Waals surface area contributed by atoms with E-state index in [-0.39, 0.29) is 24.0 Å². The molecule has 26 heavy (non-hydrogen) atoms. The smallest absolute Gasteiger partial charge is 0.193 e. The molecule has 0 unspecified atom stereocenters. The van der Waals surface area contributed by atoms with Crippen LogP contribution in [0.4, 0.5) is 0 Å². The summed E-state index contributed by atoms with van der Waals surface area (Å²) in [6.07, 6.45) is 0.966. The SMILES string of the molecule is CN=C(NCCc1ccc2ccccc2c1)N(C)Cc1csc(C)n1.I. The van der Waals surface area contributed by atoms with Gasteiger partial charge in [-0.1, -0.05) is 42.5 Å². The third-order valence-corrected chi connectivity index (χ3v) is 4.97. The summed E-state index contributed by atoms with van der Waals surface area (Å²) in [6, 6.07) is 15.1. The molecular formula is C20H25IN4S. The molecule has 0 radical (unpaired) electrons. The highest BCUT2D eigenvalue weighted by molar-refractivity contribution is 14.0. The lowest BCUT2D eigenvalue weighted by Crippen LogP contribution is -2.39. The van der Waals surface area contributed by atoms with Crippen molar-refractivity contribution in [1.82, 2.24) is 15.2 Å². The van der Waals surface area contributed by atoms with Crippen LogP contribution < -0.4 is 5.32 Å². The summed E-state index contributed by atoms with van der Waals surface area (Å²) < 4.78 is 0. The van der Waals surface area contributed by atoms with Gasteiger partial charge < -0.3 is 10.2 Å². The maximum Gasteiger partial charge on any atom is 0.193 e. The lowest BCUT2D eigenvalue weighted by molar-refractivity contribution is 0.471. The van der Waals surface area contributed by atoms with Gasteiger partial charge in [-0.2, -0.15) is 0 Å². The lowest BCUT2D eigenvalue weighted by Gasteiger charge is -2.21. The van der Waals surface area contributed by atoms with Crippen LogP contribution in [0.3, 0.4) is 0 Å². The Bertz CT molecular complexity index is 875. The number of fused-ring (bicyclic) bond motifs is 1. The number of nitrogens with zero attached hydrogens (tertiary/aromatic N) is 3. The van der Waals surface area contributed by atoms with E-state index in [9.17, 15) is 0 Å².